The van der Waals surface area contributed by atoms with Crippen LogP contribution < -0.4 is 5.32 Å². The number of hydrogen-bond acceptors (Lipinski definition) is 6. The molecule has 1 fully saturated rings. The largest absolute Gasteiger partial charge is 0.465 e. The molecular formula is C22H31NO5. The van der Waals surface area contributed by atoms with Crippen molar-refractivity contribution >= 4 is 23.4 Å². The Balaban J connectivity index is 2.36. The number of hydrogen-bond donors (Lipinski definition) is 1. The smallest absolute Gasteiger partial charge is 0.328 e. The van der Waals surface area contributed by atoms with Crippen LogP contribution in [0.5, 0.6) is 0 Å². The lowest BCUT2D eigenvalue weighted by Crippen LogP contribution is -2.35. The Morgan fingerprint density at radius 2 is 1.61 bits per heavy atom. The Morgan fingerprint density at radius 3 is 2.14 bits per heavy atom. The molecule has 1 aliphatic carbocycles. The van der Waals surface area contributed by atoms with Crippen LogP contribution in [0, 0.1) is 5.92 Å². The predicted octanol–water partition coefficient (Wildman–Crippen LogP) is 4.09. The Bertz CT molecular complexity index is 676. The minimum Gasteiger partial charge on any atom is -0.465 e. The molecule has 154 valence electrons. The normalized spacial score (nSPS) is 14.6. The average Bonchev–Trinajstić information content (AvgIpc) is 2.69. The lowest BCUT2D eigenvalue weighted by Gasteiger charge is -2.23. The van der Waals surface area contributed by atoms with Crippen molar-refractivity contribution in [2.75, 3.05) is 25.1 Å². The quantitative estimate of drug-likeness (QED) is 0.389. The van der Waals surface area contributed by atoms with E-state index in [1.165, 1.54) is 24.8 Å². The lowest BCUT2D eigenvalue weighted by molar-refractivity contribution is -0.158. The van der Waals surface area contributed by atoms with Crippen LogP contribution in [0.25, 0.3) is 0 Å². The van der Waals surface area contributed by atoms with E-state index >= 15 is 0 Å². The minimum absolute atomic E-state index is 0.0860. The summed E-state index contributed by atoms with van der Waals surface area (Å²) in [5, 5.41) is 3.21. The number of rotatable bonds is 9. The van der Waals surface area contributed by atoms with E-state index in [0.29, 0.717) is 23.7 Å². The van der Waals surface area contributed by atoms with Crippen molar-refractivity contribution < 1.29 is 23.9 Å². The summed E-state index contributed by atoms with van der Waals surface area (Å²) < 4.78 is 9.90. The van der Waals surface area contributed by atoms with Crippen LogP contribution in [0.4, 0.5) is 5.69 Å². The van der Waals surface area contributed by atoms with E-state index in [9.17, 15) is 14.4 Å². The summed E-state index contributed by atoms with van der Waals surface area (Å²) in [5.41, 5.74) is 2.15. The molecule has 0 saturated heterocycles. The zero-order valence-corrected chi connectivity index (χ0v) is 17.1. The molecule has 0 bridgehead atoms. The molecule has 0 unspecified atom stereocenters. The minimum atomic E-state index is -1.60. The van der Waals surface area contributed by atoms with Crippen LogP contribution in [-0.2, 0) is 19.1 Å². The van der Waals surface area contributed by atoms with Gasteiger partial charge in [0.1, 0.15) is 0 Å². The van der Waals surface area contributed by atoms with Crippen molar-refractivity contribution in [2.24, 2.45) is 5.92 Å². The number of benzene rings is 1. The van der Waals surface area contributed by atoms with Crippen LogP contribution in [0.1, 0.15) is 74.7 Å². The van der Waals surface area contributed by atoms with Gasteiger partial charge < -0.3 is 14.8 Å². The highest BCUT2D eigenvalue weighted by Gasteiger charge is 2.38. The van der Waals surface area contributed by atoms with E-state index in [0.717, 1.165) is 12.8 Å². The van der Waals surface area contributed by atoms with Gasteiger partial charge in [0.25, 0.3) is 0 Å². The number of esters is 2. The third kappa shape index (κ3) is 5.33. The molecule has 1 aromatic rings. The Labute approximate surface area is 167 Å². The van der Waals surface area contributed by atoms with Crippen LogP contribution in [-0.4, -0.2) is 37.5 Å². The van der Waals surface area contributed by atoms with Crippen molar-refractivity contribution in [3.63, 3.8) is 0 Å². The zero-order chi connectivity index (χ0) is 20.5. The molecule has 6 nitrogen and oxygen atoms in total. The van der Waals surface area contributed by atoms with E-state index in [1.54, 1.807) is 19.9 Å². The zero-order valence-electron chi connectivity index (χ0n) is 17.1. The summed E-state index contributed by atoms with van der Waals surface area (Å²) in [6, 6.07) is 5.65. The number of nitrogens with one attached hydrogen (secondary N) is 1. The van der Waals surface area contributed by atoms with Crippen molar-refractivity contribution in [3.05, 3.63) is 29.3 Å². The molecule has 6 heteroatoms. The number of Topliss-reactive ketones (excluding diaryl/α,β-unsaturated/α-hetero) is 1. The van der Waals surface area contributed by atoms with Gasteiger partial charge in [0.2, 0.25) is 5.92 Å². The topological polar surface area (TPSA) is 81.7 Å². The Morgan fingerprint density at radius 1 is 1.00 bits per heavy atom. The van der Waals surface area contributed by atoms with Crippen LogP contribution in [0.3, 0.4) is 0 Å². The fraction of sp³-hybridized carbons (Fsp3) is 0.591. The third-order valence-electron chi connectivity index (χ3n) is 5.06. The summed E-state index contributed by atoms with van der Waals surface area (Å²) in [6.07, 6.45) is 6.00. The summed E-state index contributed by atoms with van der Waals surface area (Å²) in [4.78, 5) is 37.7. The monoisotopic (exact) mass is 389 g/mol. The molecule has 1 saturated carbocycles. The van der Waals surface area contributed by atoms with Gasteiger partial charge in [0, 0.05) is 17.8 Å². The van der Waals surface area contributed by atoms with E-state index in [2.05, 4.69) is 5.32 Å². The number of carbonyl (C=O) groups is 3. The molecule has 1 aliphatic rings. The van der Waals surface area contributed by atoms with Crippen molar-refractivity contribution in [3.8, 4) is 0 Å². The van der Waals surface area contributed by atoms with Gasteiger partial charge in [-0.05, 0) is 57.2 Å². The summed E-state index contributed by atoms with van der Waals surface area (Å²) in [6.45, 7) is 6.00. The van der Waals surface area contributed by atoms with E-state index in [4.69, 9.17) is 9.47 Å². The second-order valence-corrected chi connectivity index (χ2v) is 6.97. The molecule has 0 spiro atoms. The number of carbonyl (C=O) groups excluding carboxylic acids is 3. The molecule has 0 heterocycles. The first-order valence-electron chi connectivity index (χ1n) is 10.3. The van der Waals surface area contributed by atoms with Crippen LogP contribution >= 0.6 is 0 Å². The fourth-order valence-corrected chi connectivity index (χ4v) is 3.72. The molecule has 1 aromatic carbocycles. The maximum atomic E-state index is 13.1. The molecule has 0 aromatic heterocycles. The van der Waals surface area contributed by atoms with Gasteiger partial charge >= 0.3 is 11.9 Å². The third-order valence-corrected chi connectivity index (χ3v) is 5.06. The van der Waals surface area contributed by atoms with E-state index in [-0.39, 0.29) is 13.2 Å². The first kappa shape index (κ1) is 21.9. The molecule has 0 atom stereocenters. The maximum absolute atomic E-state index is 13.1. The lowest BCUT2D eigenvalue weighted by atomic mass is 9.83. The molecule has 2 rings (SSSR count). The number of ketones is 1. The fourth-order valence-electron chi connectivity index (χ4n) is 3.72. The second-order valence-electron chi connectivity index (χ2n) is 6.97. The van der Waals surface area contributed by atoms with Gasteiger partial charge in [0.15, 0.2) is 5.78 Å². The van der Waals surface area contributed by atoms with Crippen LogP contribution in [0.15, 0.2) is 18.2 Å². The molecule has 0 radical (unpaired) electrons. The average molecular weight is 389 g/mol. The Kier molecular flexibility index (Phi) is 8.48. The SMILES string of the molecule is CCNc1cc(C2CCCCC2)ccc1C(=O)C(C(=O)OCC)C(=O)OCC. The second kappa shape index (κ2) is 10.8. The van der Waals surface area contributed by atoms with Gasteiger partial charge in [-0.1, -0.05) is 25.3 Å². The standard InChI is InChI=1S/C22H31NO5/c1-4-23-18-14-16(15-10-8-7-9-11-15)12-13-17(18)20(24)19(21(25)27-5-2)22(26)28-6-3/h12-15,19,23H,4-11H2,1-3H3. The highest BCUT2D eigenvalue weighted by Crippen LogP contribution is 2.35. The highest BCUT2D eigenvalue weighted by atomic mass is 16.6. The summed E-state index contributed by atoms with van der Waals surface area (Å²) in [5.74, 6) is -3.45. The predicted molar refractivity (Wildman–Crippen MR) is 108 cm³/mol. The molecule has 1 N–H and O–H groups in total. The first-order valence-corrected chi connectivity index (χ1v) is 10.3. The van der Waals surface area contributed by atoms with Gasteiger partial charge in [-0.2, -0.15) is 0 Å². The molecular weight excluding hydrogens is 358 g/mol. The maximum Gasteiger partial charge on any atom is 0.328 e. The van der Waals surface area contributed by atoms with E-state index in [1.807, 2.05) is 19.1 Å². The van der Waals surface area contributed by atoms with Crippen LogP contribution in [0.2, 0.25) is 0 Å². The summed E-state index contributed by atoms with van der Waals surface area (Å²) in [7, 11) is 0. The van der Waals surface area contributed by atoms with Gasteiger partial charge in [-0.15, -0.1) is 0 Å². The molecule has 0 aliphatic heterocycles. The first-order chi connectivity index (χ1) is 13.5. The van der Waals surface area contributed by atoms with Crippen molar-refractivity contribution in [2.45, 2.75) is 58.8 Å². The number of anilines is 1. The van der Waals surface area contributed by atoms with Gasteiger partial charge in [-0.25, -0.2) is 0 Å². The molecule has 28 heavy (non-hydrogen) atoms. The van der Waals surface area contributed by atoms with Gasteiger partial charge in [-0.3, -0.25) is 14.4 Å². The van der Waals surface area contributed by atoms with Crippen molar-refractivity contribution in [1.82, 2.24) is 0 Å². The molecule has 0 amide bonds. The van der Waals surface area contributed by atoms with E-state index < -0.39 is 23.6 Å². The number of ether oxygens (including phenoxy) is 2. The Hall–Kier alpha value is -2.37. The van der Waals surface area contributed by atoms with Crippen molar-refractivity contribution in [1.29, 1.82) is 0 Å². The summed E-state index contributed by atoms with van der Waals surface area (Å²) >= 11 is 0. The van der Waals surface area contributed by atoms with Gasteiger partial charge in [0.05, 0.1) is 13.2 Å². The highest BCUT2D eigenvalue weighted by molar-refractivity contribution is 6.22.